The second-order valence-electron chi connectivity index (χ2n) is 4.62. The zero-order valence-corrected chi connectivity index (χ0v) is 13.5. The molecule has 0 atom stereocenters. The lowest BCUT2D eigenvalue weighted by molar-refractivity contribution is -0.385. The van der Waals surface area contributed by atoms with Gasteiger partial charge in [-0.15, -0.1) is 11.3 Å². The maximum Gasteiger partial charge on any atom is 0.345 e. The lowest BCUT2D eigenvalue weighted by atomic mass is 10.2. The summed E-state index contributed by atoms with van der Waals surface area (Å²) in [5, 5.41) is 13.1. The van der Waals surface area contributed by atoms with Crippen LogP contribution in [-0.4, -0.2) is 15.9 Å². The van der Waals surface area contributed by atoms with Gasteiger partial charge in [-0.3, -0.25) is 10.1 Å². The molecule has 9 heteroatoms. The topological polar surface area (TPSA) is 95.5 Å². The average Bonchev–Trinajstić information content (AvgIpc) is 3.23. The number of rotatable bonds is 5. The van der Waals surface area contributed by atoms with Crippen molar-refractivity contribution in [3.05, 3.63) is 68.4 Å². The fourth-order valence-electron chi connectivity index (χ4n) is 1.93. The maximum atomic E-state index is 12.1. The summed E-state index contributed by atoms with van der Waals surface area (Å²) in [7, 11) is 0. The Bertz CT molecular complexity index is 891. The van der Waals surface area contributed by atoms with E-state index in [1.54, 1.807) is 0 Å². The Balaban J connectivity index is 1.71. The third-order valence-corrected chi connectivity index (χ3v) is 4.10. The Morgan fingerprint density at radius 2 is 2.25 bits per heavy atom. The van der Waals surface area contributed by atoms with E-state index in [0.29, 0.717) is 11.6 Å². The van der Waals surface area contributed by atoms with Crippen LogP contribution in [0.1, 0.15) is 16.1 Å². The van der Waals surface area contributed by atoms with Crippen LogP contribution in [0.5, 0.6) is 0 Å². The Kier molecular flexibility index (Phi) is 4.59. The van der Waals surface area contributed by atoms with Crippen molar-refractivity contribution in [2.24, 2.45) is 0 Å². The van der Waals surface area contributed by atoms with Gasteiger partial charge < -0.3 is 9.15 Å². The van der Waals surface area contributed by atoms with Crippen molar-refractivity contribution < 1.29 is 18.9 Å². The monoisotopic (exact) mass is 364 g/mol. The van der Waals surface area contributed by atoms with E-state index < -0.39 is 16.6 Å². The predicted octanol–water partition coefficient (Wildman–Crippen LogP) is 4.32. The number of hydrogen-bond acceptors (Lipinski definition) is 7. The number of nitrogens with zero attached hydrogens (tertiary/aromatic N) is 2. The largest absolute Gasteiger partial charge is 0.455 e. The van der Waals surface area contributed by atoms with Crippen LogP contribution < -0.4 is 0 Å². The van der Waals surface area contributed by atoms with Crippen molar-refractivity contribution in [3.63, 3.8) is 0 Å². The van der Waals surface area contributed by atoms with E-state index in [9.17, 15) is 14.9 Å². The molecule has 0 amide bonds. The van der Waals surface area contributed by atoms with Crippen LogP contribution in [0.2, 0.25) is 5.02 Å². The van der Waals surface area contributed by atoms with Crippen LogP contribution in [0.3, 0.4) is 0 Å². The highest BCUT2D eigenvalue weighted by atomic mass is 35.5. The Hall–Kier alpha value is -2.71. The minimum Gasteiger partial charge on any atom is -0.455 e. The summed E-state index contributed by atoms with van der Waals surface area (Å²) in [6.07, 6.45) is 1.37. The third kappa shape index (κ3) is 3.44. The molecule has 0 saturated heterocycles. The van der Waals surface area contributed by atoms with Crippen molar-refractivity contribution in [2.75, 3.05) is 0 Å². The van der Waals surface area contributed by atoms with Crippen molar-refractivity contribution in [3.8, 4) is 10.8 Å². The molecule has 0 bridgehead atoms. The minimum atomic E-state index is -0.834. The summed E-state index contributed by atoms with van der Waals surface area (Å²) in [5.41, 5.74) is -0.179. The lowest BCUT2D eigenvalue weighted by Gasteiger charge is -2.04. The number of ether oxygens (including phenoxy) is 1. The third-order valence-electron chi connectivity index (χ3n) is 3.01. The van der Waals surface area contributed by atoms with Crippen LogP contribution in [0.15, 0.2) is 46.4 Å². The lowest BCUT2D eigenvalue weighted by Crippen LogP contribution is -2.08. The highest BCUT2D eigenvalue weighted by molar-refractivity contribution is 7.13. The molecule has 0 unspecified atom stereocenters. The molecule has 2 heterocycles. The van der Waals surface area contributed by atoms with E-state index in [4.69, 9.17) is 20.8 Å². The van der Waals surface area contributed by atoms with Gasteiger partial charge in [0.1, 0.15) is 24.1 Å². The number of oxazole rings is 1. The van der Waals surface area contributed by atoms with E-state index in [2.05, 4.69) is 4.98 Å². The van der Waals surface area contributed by atoms with Gasteiger partial charge in [0.25, 0.3) is 5.69 Å². The quantitative estimate of drug-likeness (QED) is 0.380. The van der Waals surface area contributed by atoms with Gasteiger partial charge in [-0.2, -0.15) is 0 Å². The smallest absolute Gasteiger partial charge is 0.345 e. The van der Waals surface area contributed by atoms with Crippen LogP contribution in [0.25, 0.3) is 10.8 Å². The normalized spacial score (nSPS) is 10.5. The number of thiophene rings is 1. The van der Waals surface area contributed by atoms with E-state index in [1.165, 1.54) is 29.7 Å². The van der Waals surface area contributed by atoms with E-state index in [-0.39, 0.29) is 17.2 Å². The molecule has 2 aromatic heterocycles. The summed E-state index contributed by atoms with van der Waals surface area (Å²) in [6, 6.07) is 7.45. The molecule has 3 rings (SSSR count). The van der Waals surface area contributed by atoms with E-state index >= 15 is 0 Å². The number of nitro benzene ring substituents is 1. The number of benzene rings is 1. The molecular weight excluding hydrogens is 356 g/mol. The molecule has 3 aromatic rings. The van der Waals surface area contributed by atoms with Crippen LogP contribution in [0.4, 0.5) is 5.69 Å². The molecule has 0 radical (unpaired) electrons. The highest BCUT2D eigenvalue weighted by Gasteiger charge is 2.22. The number of halogens is 1. The molecule has 0 aliphatic rings. The zero-order chi connectivity index (χ0) is 17.1. The SMILES string of the molecule is O=C(OCc1coc(-c2cccs2)n1)c1ccc(Cl)cc1[N+](=O)[O-]. The fraction of sp³-hybridized carbons (Fsp3) is 0.0667. The molecule has 0 N–H and O–H groups in total. The van der Waals surface area contributed by atoms with Crippen molar-refractivity contribution >= 4 is 34.6 Å². The molecule has 0 fully saturated rings. The molecule has 1 aromatic carbocycles. The molecule has 0 spiro atoms. The number of esters is 1. The van der Waals surface area contributed by atoms with Crippen LogP contribution in [-0.2, 0) is 11.3 Å². The van der Waals surface area contributed by atoms with E-state index in [1.807, 2.05) is 17.5 Å². The number of nitro groups is 1. The van der Waals surface area contributed by atoms with Gasteiger partial charge in [-0.25, -0.2) is 9.78 Å². The van der Waals surface area contributed by atoms with Gasteiger partial charge in [0.15, 0.2) is 0 Å². The standard InChI is InChI=1S/C15H9ClN2O5S/c16-9-3-4-11(12(6-9)18(20)21)15(19)23-8-10-7-22-14(17-10)13-2-1-5-24-13/h1-7H,8H2. The predicted molar refractivity (Wildman–Crippen MR) is 87.0 cm³/mol. The number of carbonyl (C=O) groups excluding carboxylic acids is 1. The summed E-state index contributed by atoms with van der Waals surface area (Å²) >= 11 is 7.18. The molecule has 7 nitrogen and oxygen atoms in total. The number of carbonyl (C=O) groups is 1. The van der Waals surface area contributed by atoms with E-state index in [0.717, 1.165) is 10.9 Å². The van der Waals surface area contributed by atoms with Gasteiger partial charge in [0.2, 0.25) is 5.89 Å². The first-order valence-corrected chi connectivity index (χ1v) is 7.89. The van der Waals surface area contributed by atoms with Crippen molar-refractivity contribution in [1.82, 2.24) is 4.98 Å². The maximum absolute atomic E-state index is 12.1. The number of hydrogen-bond donors (Lipinski definition) is 0. The Morgan fingerprint density at radius 3 is 2.96 bits per heavy atom. The summed E-state index contributed by atoms with van der Waals surface area (Å²) in [5.74, 6) is -0.410. The Labute approximate surface area is 144 Å². The molecular formula is C15H9ClN2O5S. The minimum absolute atomic E-state index is 0.159. The Morgan fingerprint density at radius 1 is 1.42 bits per heavy atom. The fourth-order valence-corrected chi connectivity index (χ4v) is 2.75. The zero-order valence-electron chi connectivity index (χ0n) is 12.0. The van der Waals surface area contributed by atoms with Crippen molar-refractivity contribution in [1.29, 1.82) is 0 Å². The van der Waals surface area contributed by atoms with Gasteiger partial charge in [-0.05, 0) is 23.6 Å². The summed E-state index contributed by atoms with van der Waals surface area (Å²) < 4.78 is 10.4. The molecule has 0 aliphatic carbocycles. The van der Waals surface area contributed by atoms with Crippen molar-refractivity contribution in [2.45, 2.75) is 6.61 Å². The average molecular weight is 365 g/mol. The molecule has 0 aliphatic heterocycles. The van der Waals surface area contributed by atoms with Crippen LogP contribution in [0, 0.1) is 10.1 Å². The first-order valence-electron chi connectivity index (χ1n) is 6.64. The first kappa shape index (κ1) is 16.2. The number of aromatic nitrogens is 1. The van der Waals surface area contributed by atoms with Gasteiger partial charge >= 0.3 is 5.97 Å². The highest BCUT2D eigenvalue weighted by Crippen LogP contribution is 2.25. The molecule has 0 saturated carbocycles. The first-order chi connectivity index (χ1) is 11.5. The summed E-state index contributed by atoms with van der Waals surface area (Å²) in [6.45, 7) is -0.159. The molecule has 122 valence electrons. The van der Waals surface area contributed by atoms with Crippen LogP contribution >= 0.6 is 22.9 Å². The summed E-state index contributed by atoms with van der Waals surface area (Å²) in [4.78, 5) is 27.4. The molecule has 24 heavy (non-hydrogen) atoms. The van der Waals surface area contributed by atoms with Gasteiger partial charge in [0.05, 0.1) is 9.80 Å². The second kappa shape index (κ2) is 6.81. The second-order valence-corrected chi connectivity index (χ2v) is 6.00. The van der Waals surface area contributed by atoms with Gasteiger partial charge in [0, 0.05) is 11.1 Å². The van der Waals surface area contributed by atoms with Gasteiger partial charge in [-0.1, -0.05) is 17.7 Å².